The summed E-state index contributed by atoms with van der Waals surface area (Å²) in [4.78, 5) is 0. The number of benzene rings is 2. The number of phenols is 3. The molecule has 0 spiro atoms. The zero-order valence-corrected chi connectivity index (χ0v) is 20.5. The summed E-state index contributed by atoms with van der Waals surface area (Å²) in [6.45, 7) is 12.0. The zero-order chi connectivity index (χ0) is 24.1. The lowest BCUT2D eigenvalue weighted by Gasteiger charge is -2.33. The lowest BCUT2D eigenvalue weighted by atomic mass is 9.77. The summed E-state index contributed by atoms with van der Waals surface area (Å²) in [6.07, 6.45) is 10.3. The fraction of sp³-hybridized carbons (Fsp3) is 0.379. The summed E-state index contributed by atoms with van der Waals surface area (Å²) in [7, 11) is 0. The maximum Gasteiger partial charge on any atom is 0.170 e. The van der Waals surface area contributed by atoms with E-state index in [4.69, 9.17) is 4.74 Å². The molecule has 0 unspecified atom stereocenters. The van der Waals surface area contributed by atoms with Gasteiger partial charge < -0.3 is 20.1 Å². The van der Waals surface area contributed by atoms with Gasteiger partial charge in [-0.3, -0.25) is 0 Å². The number of rotatable bonds is 4. The van der Waals surface area contributed by atoms with Crippen LogP contribution in [-0.2, 0) is 25.7 Å². The molecule has 0 saturated heterocycles. The average molecular weight is 447 g/mol. The molecular weight excluding hydrogens is 412 g/mol. The maximum absolute atomic E-state index is 11.3. The van der Waals surface area contributed by atoms with Crippen molar-refractivity contribution in [1.82, 2.24) is 0 Å². The van der Waals surface area contributed by atoms with Crippen LogP contribution in [0.4, 0.5) is 0 Å². The molecule has 1 aliphatic carbocycles. The molecule has 1 heterocycles. The highest BCUT2D eigenvalue weighted by atomic mass is 16.5. The molecule has 4 rings (SSSR count). The van der Waals surface area contributed by atoms with Crippen molar-refractivity contribution in [2.45, 2.75) is 72.8 Å². The molecule has 0 fully saturated rings. The van der Waals surface area contributed by atoms with Gasteiger partial charge in [0.1, 0.15) is 17.1 Å². The van der Waals surface area contributed by atoms with Gasteiger partial charge in [0.2, 0.25) is 0 Å². The number of fused-ring (bicyclic) bond motifs is 4. The summed E-state index contributed by atoms with van der Waals surface area (Å²) in [6, 6.07) is 1.78. The third-order valence-corrected chi connectivity index (χ3v) is 6.54. The normalized spacial score (nSPS) is 15.1. The number of ether oxygens (including phenoxy) is 1. The van der Waals surface area contributed by atoms with Gasteiger partial charge in [-0.2, -0.15) is 0 Å². The van der Waals surface area contributed by atoms with Crippen LogP contribution in [0.3, 0.4) is 0 Å². The van der Waals surface area contributed by atoms with E-state index in [1.54, 1.807) is 6.07 Å². The van der Waals surface area contributed by atoms with Crippen LogP contribution >= 0.6 is 0 Å². The minimum Gasteiger partial charge on any atom is -0.508 e. The number of phenolic OH excluding ortho intramolecular Hbond substituents is 3. The van der Waals surface area contributed by atoms with E-state index in [1.165, 1.54) is 5.57 Å². The van der Waals surface area contributed by atoms with Gasteiger partial charge >= 0.3 is 0 Å². The van der Waals surface area contributed by atoms with Crippen molar-refractivity contribution in [3.63, 3.8) is 0 Å². The lowest BCUT2D eigenvalue weighted by molar-refractivity contribution is 0.152. The highest BCUT2D eigenvalue weighted by Crippen LogP contribution is 2.49. The first-order chi connectivity index (χ1) is 15.5. The minimum atomic E-state index is -0.509. The first-order valence-electron chi connectivity index (χ1n) is 11.6. The number of hydrogen-bond acceptors (Lipinski definition) is 4. The largest absolute Gasteiger partial charge is 0.508 e. The highest BCUT2D eigenvalue weighted by molar-refractivity contribution is 5.75. The van der Waals surface area contributed by atoms with Gasteiger partial charge in [0.15, 0.2) is 11.5 Å². The third-order valence-electron chi connectivity index (χ3n) is 6.54. The van der Waals surface area contributed by atoms with E-state index in [-0.39, 0.29) is 17.2 Å². The van der Waals surface area contributed by atoms with Gasteiger partial charge in [-0.15, -0.1) is 0 Å². The van der Waals surface area contributed by atoms with E-state index in [0.29, 0.717) is 37.0 Å². The molecule has 1 aliphatic heterocycles. The Morgan fingerprint density at radius 1 is 0.879 bits per heavy atom. The summed E-state index contributed by atoms with van der Waals surface area (Å²) >= 11 is 0. The highest BCUT2D eigenvalue weighted by Gasteiger charge is 2.33. The van der Waals surface area contributed by atoms with E-state index in [0.717, 1.165) is 39.0 Å². The molecule has 0 saturated carbocycles. The van der Waals surface area contributed by atoms with Crippen LogP contribution in [0.1, 0.15) is 80.5 Å². The number of allylic oxidation sites excluding steroid dienone is 4. The maximum atomic E-state index is 11.3. The molecule has 0 atom stereocenters. The summed E-state index contributed by atoms with van der Waals surface area (Å²) in [5.41, 5.74) is 7.98. The molecular formula is C29H34O4. The third kappa shape index (κ3) is 4.27. The predicted molar refractivity (Wildman–Crippen MR) is 134 cm³/mol. The first-order valence-corrected chi connectivity index (χ1v) is 11.6. The molecule has 0 amide bonds. The second-order valence-corrected chi connectivity index (χ2v) is 10.3. The fourth-order valence-corrected chi connectivity index (χ4v) is 4.72. The Morgan fingerprint density at radius 3 is 2.15 bits per heavy atom. The van der Waals surface area contributed by atoms with Crippen LogP contribution in [0, 0.1) is 0 Å². The van der Waals surface area contributed by atoms with Crippen molar-refractivity contribution in [2.75, 3.05) is 0 Å². The lowest BCUT2D eigenvalue weighted by Crippen LogP contribution is -2.28. The molecule has 2 aromatic carbocycles. The van der Waals surface area contributed by atoms with E-state index < -0.39 is 5.60 Å². The van der Waals surface area contributed by atoms with Crippen LogP contribution in [0.2, 0.25) is 0 Å². The minimum absolute atomic E-state index is 0.116. The number of hydrogen-bond donors (Lipinski definition) is 3. The van der Waals surface area contributed by atoms with Crippen LogP contribution < -0.4 is 4.74 Å². The van der Waals surface area contributed by atoms with Crippen molar-refractivity contribution >= 4 is 6.08 Å². The summed E-state index contributed by atoms with van der Waals surface area (Å²) in [5, 5.41) is 33.1. The van der Waals surface area contributed by atoms with E-state index in [9.17, 15) is 15.3 Å². The van der Waals surface area contributed by atoms with Gasteiger partial charge in [0, 0.05) is 28.7 Å². The molecule has 2 aliphatic rings. The van der Waals surface area contributed by atoms with E-state index in [2.05, 4.69) is 6.08 Å². The van der Waals surface area contributed by atoms with Gasteiger partial charge in [0.05, 0.1) is 0 Å². The van der Waals surface area contributed by atoms with Crippen LogP contribution in [0.5, 0.6) is 23.0 Å². The van der Waals surface area contributed by atoms with Crippen LogP contribution in [0.25, 0.3) is 6.08 Å². The van der Waals surface area contributed by atoms with Gasteiger partial charge in [0.25, 0.3) is 0 Å². The molecule has 0 bridgehead atoms. The zero-order valence-electron chi connectivity index (χ0n) is 20.5. The second kappa shape index (κ2) is 8.33. The smallest absolute Gasteiger partial charge is 0.170 e. The Hall–Kier alpha value is -3.14. The van der Waals surface area contributed by atoms with Crippen molar-refractivity contribution < 1.29 is 20.1 Å². The van der Waals surface area contributed by atoms with Crippen molar-refractivity contribution in [1.29, 1.82) is 0 Å². The number of aromatic hydroxyl groups is 3. The fourth-order valence-electron chi connectivity index (χ4n) is 4.72. The molecule has 0 aromatic heterocycles. The summed E-state index contributed by atoms with van der Waals surface area (Å²) < 4.78 is 6.22. The quantitative estimate of drug-likeness (QED) is 0.400. The first kappa shape index (κ1) is 23.0. The molecule has 0 radical (unpaired) electrons. The second-order valence-electron chi connectivity index (χ2n) is 10.3. The standard InChI is InChI=1S/C29H34O4/c1-16(2)7-9-19-23-13-18-14-25(30)21(10-8-17(3)4)26(31)22(18)15-24(23)20-11-12-29(5,6)33-28(20)27(19)32/h7-8,11-12,14,30-32H,9-10,13,15H2,1-6H3. The van der Waals surface area contributed by atoms with Crippen LogP contribution in [-0.4, -0.2) is 20.9 Å². The Morgan fingerprint density at radius 2 is 1.52 bits per heavy atom. The summed E-state index contributed by atoms with van der Waals surface area (Å²) in [5.74, 6) is 0.993. The predicted octanol–water partition coefficient (Wildman–Crippen LogP) is 6.50. The van der Waals surface area contributed by atoms with Crippen molar-refractivity contribution in [2.24, 2.45) is 0 Å². The molecule has 3 N–H and O–H groups in total. The average Bonchev–Trinajstić information content (AvgIpc) is 2.72. The van der Waals surface area contributed by atoms with Gasteiger partial charge in [-0.25, -0.2) is 0 Å². The van der Waals surface area contributed by atoms with Gasteiger partial charge in [-0.1, -0.05) is 29.4 Å². The Kier molecular flexibility index (Phi) is 5.81. The molecule has 33 heavy (non-hydrogen) atoms. The van der Waals surface area contributed by atoms with Crippen LogP contribution in [0.15, 0.2) is 35.4 Å². The van der Waals surface area contributed by atoms with E-state index >= 15 is 0 Å². The Bertz CT molecular complexity index is 1220. The molecule has 4 heteroatoms. The van der Waals surface area contributed by atoms with E-state index in [1.807, 2.05) is 59.8 Å². The van der Waals surface area contributed by atoms with Crippen molar-refractivity contribution in [3.8, 4) is 23.0 Å². The topological polar surface area (TPSA) is 69.9 Å². The Labute approximate surface area is 196 Å². The molecule has 174 valence electrons. The monoisotopic (exact) mass is 446 g/mol. The molecule has 2 aromatic rings. The molecule has 4 nitrogen and oxygen atoms in total. The SMILES string of the molecule is CC(C)=CCc1c(O)cc2c(c1O)Cc1c3c(c(O)c(CC=C(C)C)c1C2)OC(C)(C)C=C3. The Balaban J connectivity index is 1.91. The van der Waals surface area contributed by atoms with Crippen molar-refractivity contribution in [3.05, 3.63) is 74.4 Å². The van der Waals surface area contributed by atoms with Gasteiger partial charge in [-0.05, 0) is 89.6 Å².